The molecule has 3 nitrogen and oxygen atoms in total. The van der Waals surface area contributed by atoms with Gasteiger partial charge in [0.15, 0.2) is 0 Å². The zero-order valence-electron chi connectivity index (χ0n) is 12.6. The highest BCUT2D eigenvalue weighted by molar-refractivity contribution is 6.32. The van der Waals surface area contributed by atoms with Gasteiger partial charge in [0.2, 0.25) is 0 Å². The lowest BCUT2D eigenvalue weighted by Crippen LogP contribution is -2.20. The Morgan fingerprint density at radius 2 is 1.68 bits per heavy atom. The van der Waals surface area contributed by atoms with Crippen LogP contribution in [-0.4, -0.2) is 36.4 Å². The van der Waals surface area contributed by atoms with E-state index in [1.165, 1.54) is 11.1 Å². The number of fused-ring (bicyclic) bond motifs is 1. The number of rotatable bonds is 1. The van der Waals surface area contributed by atoms with Crippen LogP contribution in [-0.2, 0) is 12.8 Å². The molecule has 1 N–H and O–H groups in total. The number of carbonyl (C=O) groups is 1. The minimum atomic E-state index is 0.204. The van der Waals surface area contributed by atoms with Gasteiger partial charge in [0, 0.05) is 18.7 Å². The van der Waals surface area contributed by atoms with E-state index >= 15 is 0 Å². The van der Waals surface area contributed by atoms with E-state index in [0.717, 1.165) is 37.8 Å². The number of aldehydes is 1. The lowest BCUT2D eigenvalue weighted by Gasteiger charge is -2.10. The second-order valence-corrected chi connectivity index (χ2v) is 5.81. The van der Waals surface area contributed by atoms with Gasteiger partial charge in [-0.25, -0.2) is 0 Å². The topological polar surface area (TPSA) is 40.5 Å². The third-order valence-electron chi connectivity index (χ3n) is 3.73. The molecule has 1 heterocycles. The highest BCUT2D eigenvalue weighted by Gasteiger charge is 2.13. The van der Waals surface area contributed by atoms with Crippen molar-refractivity contribution in [2.75, 3.05) is 20.1 Å². The molecule has 0 bridgehead atoms. The predicted molar refractivity (Wildman–Crippen MR) is 89.9 cm³/mol. The van der Waals surface area contributed by atoms with Crippen molar-refractivity contribution in [1.82, 2.24) is 4.90 Å². The first-order chi connectivity index (χ1) is 10.6. The summed E-state index contributed by atoms with van der Waals surface area (Å²) in [6.45, 7) is 2.11. The molecule has 2 aromatic carbocycles. The second kappa shape index (κ2) is 7.97. The van der Waals surface area contributed by atoms with Crippen LogP contribution in [0.15, 0.2) is 42.5 Å². The zero-order chi connectivity index (χ0) is 15.9. The first-order valence-electron chi connectivity index (χ1n) is 7.29. The van der Waals surface area contributed by atoms with Crippen LogP contribution in [0.5, 0.6) is 5.75 Å². The number of nitrogens with zero attached hydrogens (tertiary/aromatic N) is 1. The van der Waals surface area contributed by atoms with E-state index in [1.54, 1.807) is 18.2 Å². The van der Waals surface area contributed by atoms with Crippen LogP contribution in [0.25, 0.3) is 0 Å². The number of phenolic OH excluding ortho intramolecular Hbond substituents is 1. The summed E-state index contributed by atoms with van der Waals surface area (Å²) in [4.78, 5) is 12.3. The average molecular weight is 318 g/mol. The molecule has 0 aliphatic carbocycles. The van der Waals surface area contributed by atoms with E-state index in [4.69, 9.17) is 11.6 Å². The molecule has 0 spiro atoms. The van der Waals surface area contributed by atoms with Gasteiger partial charge in [0.25, 0.3) is 0 Å². The molecule has 1 aliphatic rings. The number of phenols is 1. The summed E-state index contributed by atoms with van der Waals surface area (Å²) >= 11 is 5.87. The Kier molecular flexibility index (Phi) is 5.99. The van der Waals surface area contributed by atoms with Gasteiger partial charge in [-0.15, -0.1) is 0 Å². The molecular weight excluding hydrogens is 298 g/mol. The minimum Gasteiger partial charge on any atom is -0.506 e. The Hall–Kier alpha value is -1.84. The summed E-state index contributed by atoms with van der Waals surface area (Å²) in [6, 6.07) is 12.8. The third kappa shape index (κ3) is 4.58. The van der Waals surface area contributed by atoms with Crippen molar-refractivity contribution in [1.29, 1.82) is 0 Å². The van der Waals surface area contributed by atoms with Crippen LogP contribution in [0.4, 0.5) is 0 Å². The fourth-order valence-electron chi connectivity index (χ4n) is 2.38. The Labute approximate surface area is 136 Å². The van der Waals surface area contributed by atoms with Gasteiger partial charge in [-0.05, 0) is 43.1 Å². The molecule has 0 amide bonds. The number of aromatic hydroxyl groups is 1. The van der Waals surface area contributed by atoms with E-state index in [1.807, 2.05) is 24.3 Å². The summed E-state index contributed by atoms with van der Waals surface area (Å²) < 4.78 is 0. The van der Waals surface area contributed by atoms with Crippen molar-refractivity contribution >= 4 is 17.9 Å². The number of hydrogen-bond donors (Lipinski definition) is 1. The third-order valence-corrected chi connectivity index (χ3v) is 4.03. The summed E-state index contributed by atoms with van der Waals surface area (Å²) in [6.07, 6.45) is 2.85. The quantitative estimate of drug-likeness (QED) is 0.817. The Morgan fingerprint density at radius 1 is 1.09 bits per heavy atom. The van der Waals surface area contributed by atoms with Gasteiger partial charge in [0.05, 0.1) is 5.02 Å². The average Bonchev–Trinajstić information content (AvgIpc) is 2.72. The molecular formula is C18H20ClNO2. The maximum atomic E-state index is 10.0. The van der Waals surface area contributed by atoms with Gasteiger partial charge in [-0.2, -0.15) is 0 Å². The van der Waals surface area contributed by atoms with Crippen molar-refractivity contribution in [3.63, 3.8) is 0 Å². The smallest absolute Gasteiger partial charge is 0.150 e. The van der Waals surface area contributed by atoms with Crippen LogP contribution < -0.4 is 0 Å². The SMILES string of the molecule is CN1CCc2cc(O)c(Cl)cc2CC1.O=Cc1ccccc1. The predicted octanol–water partition coefficient (Wildman–Crippen LogP) is 3.58. The fourth-order valence-corrected chi connectivity index (χ4v) is 2.56. The molecule has 0 unspecified atom stereocenters. The molecule has 0 saturated carbocycles. The van der Waals surface area contributed by atoms with Gasteiger partial charge in [-0.1, -0.05) is 41.9 Å². The van der Waals surface area contributed by atoms with Crippen molar-refractivity contribution in [3.05, 3.63) is 64.2 Å². The Bertz CT molecular complexity index is 595. The number of hydrogen-bond acceptors (Lipinski definition) is 3. The summed E-state index contributed by atoms with van der Waals surface area (Å²) in [7, 11) is 2.12. The molecule has 0 radical (unpaired) electrons. The van der Waals surface area contributed by atoms with E-state index in [-0.39, 0.29) is 5.75 Å². The van der Waals surface area contributed by atoms with E-state index in [9.17, 15) is 9.90 Å². The van der Waals surface area contributed by atoms with Crippen LogP contribution in [0.1, 0.15) is 21.5 Å². The molecule has 2 aromatic rings. The van der Waals surface area contributed by atoms with Crippen LogP contribution in [0.3, 0.4) is 0 Å². The Morgan fingerprint density at radius 3 is 2.23 bits per heavy atom. The summed E-state index contributed by atoms with van der Waals surface area (Å²) in [5.74, 6) is 0.204. The lowest BCUT2D eigenvalue weighted by atomic mass is 10.0. The molecule has 0 aromatic heterocycles. The van der Waals surface area contributed by atoms with E-state index < -0.39 is 0 Å². The number of likely N-dealkylation sites (N-methyl/N-ethyl adjacent to an activating group) is 1. The zero-order valence-corrected chi connectivity index (χ0v) is 13.4. The largest absolute Gasteiger partial charge is 0.506 e. The maximum Gasteiger partial charge on any atom is 0.150 e. The van der Waals surface area contributed by atoms with E-state index in [0.29, 0.717) is 5.02 Å². The fraction of sp³-hybridized carbons (Fsp3) is 0.278. The first kappa shape index (κ1) is 16.5. The second-order valence-electron chi connectivity index (χ2n) is 5.40. The molecule has 0 saturated heterocycles. The molecule has 3 rings (SSSR count). The molecule has 0 atom stereocenters. The number of halogens is 1. The lowest BCUT2D eigenvalue weighted by molar-refractivity contribution is 0.112. The van der Waals surface area contributed by atoms with Crippen molar-refractivity contribution in [3.8, 4) is 5.75 Å². The number of carbonyl (C=O) groups excluding carboxylic acids is 1. The molecule has 1 aliphatic heterocycles. The van der Waals surface area contributed by atoms with Crippen molar-refractivity contribution < 1.29 is 9.90 Å². The first-order valence-corrected chi connectivity index (χ1v) is 7.67. The standard InChI is InChI=1S/C11H14ClNO.C7H6O/c1-13-4-2-8-6-10(12)11(14)7-9(8)3-5-13;8-6-7-4-2-1-3-5-7/h6-7,14H,2-5H2,1H3;1-6H. The van der Waals surface area contributed by atoms with Gasteiger partial charge in [-0.3, -0.25) is 4.79 Å². The summed E-state index contributed by atoms with van der Waals surface area (Å²) in [5.41, 5.74) is 3.24. The maximum absolute atomic E-state index is 10.0. The highest BCUT2D eigenvalue weighted by atomic mass is 35.5. The van der Waals surface area contributed by atoms with Crippen molar-refractivity contribution in [2.24, 2.45) is 0 Å². The summed E-state index contributed by atoms with van der Waals surface area (Å²) in [5, 5.41) is 9.95. The number of benzene rings is 2. The normalized spacial score (nSPS) is 14.3. The van der Waals surface area contributed by atoms with Crippen molar-refractivity contribution in [2.45, 2.75) is 12.8 Å². The van der Waals surface area contributed by atoms with Gasteiger partial charge >= 0.3 is 0 Å². The Balaban J connectivity index is 0.000000188. The van der Waals surface area contributed by atoms with Crippen LogP contribution in [0, 0.1) is 0 Å². The molecule has 116 valence electrons. The highest BCUT2D eigenvalue weighted by Crippen LogP contribution is 2.28. The van der Waals surface area contributed by atoms with Gasteiger partial charge in [0.1, 0.15) is 12.0 Å². The monoisotopic (exact) mass is 317 g/mol. The van der Waals surface area contributed by atoms with Crippen LogP contribution in [0.2, 0.25) is 5.02 Å². The molecule has 4 heteroatoms. The molecule has 22 heavy (non-hydrogen) atoms. The van der Waals surface area contributed by atoms with E-state index in [2.05, 4.69) is 11.9 Å². The minimum absolute atomic E-state index is 0.204. The van der Waals surface area contributed by atoms with Crippen LogP contribution >= 0.6 is 11.6 Å². The van der Waals surface area contributed by atoms with Gasteiger partial charge < -0.3 is 10.0 Å². The molecule has 0 fully saturated rings.